The Morgan fingerprint density at radius 1 is 0.743 bits per heavy atom. The van der Waals surface area contributed by atoms with Gasteiger partial charge in [0, 0.05) is 12.1 Å². The highest BCUT2D eigenvalue weighted by atomic mass is 16.6. The molecule has 35 heavy (non-hydrogen) atoms. The first-order chi connectivity index (χ1) is 16.5. The Labute approximate surface area is 202 Å². The van der Waals surface area contributed by atoms with Crippen molar-refractivity contribution in [1.29, 1.82) is 0 Å². The topological polar surface area (TPSA) is 200 Å². The van der Waals surface area contributed by atoms with Crippen molar-refractivity contribution in [3.63, 3.8) is 0 Å². The lowest BCUT2D eigenvalue weighted by Gasteiger charge is -2.27. The van der Waals surface area contributed by atoms with E-state index in [1.165, 1.54) is 33.8 Å². The molecular formula is C22H31N3O10. The molecule has 0 aromatic heterocycles. The molecule has 1 aromatic carbocycles. The smallest absolute Gasteiger partial charge is 0.322 e. The predicted octanol–water partition coefficient (Wildman–Crippen LogP) is 1.08. The SMILES string of the molecule is CCOC(=O)C(C(=O)OCC)C(N)c1ccc([N+](=O)[O-])cc1C(N)C(C(=O)OCC)C(=O)OCC. The molecule has 13 nitrogen and oxygen atoms in total. The summed E-state index contributed by atoms with van der Waals surface area (Å²) < 4.78 is 19.8. The lowest BCUT2D eigenvalue weighted by molar-refractivity contribution is -0.385. The molecule has 0 fully saturated rings. The van der Waals surface area contributed by atoms with Gasteiger partial charge in [-0.1, -0.05) is 6.07 Å². The maximum Gasteiger partial charge on any atom is 0.322 e. The van der Waals surface area contributed by atoms with Crippen LogP contribution >= 0.6 is 0 Å². The summed E-state index contributed by atoms with van der Waals surface area (Å²) in [5, 5.41) is 11.4. The van der Waals surface area contributed by atoms with E-state index in [1.54, 1.807) is 0 Å². The first-order valence-electron chi connectivity index (χ1n) is 11.0. The summed E-state index contributed by atoms with van der Waals surface area (Å²) in [5.74, 6) is -7.35. The maximum absolute atomic E-state index is 12.6. The molecule has 4 N–H and O–H groups in total. The van der Waals surface area contributed by atoms with Crippen LogP contribution in [0.5, 0.6) is 0 Å². The van der Waals surface area contributed by atoms with E-state index in [0.29, 0.717) is 0 Å². The van der Waals surface area contributed by atoms with Gasteiger partial charge in [-0.25, -0.2) is 0 Å². The van der Waals surface area contributed by atoms with E-state index in [4.69, 9.17) is 30.4 Å². The molecule has 2 unspecified atom stereocenters. The molecule has 1 aromatic rings. The summed E-state index contributed by atoms with van der Waals surface area (Å²) in [6.07, 6.45) is 0. The molecule has 0 aliphatic rings. The summed E-state index contributed by atoms with van der Waals surface area (Å²) in [6, 6.07) is 0.317. The van der Waals surface area contributed by atoms with Crippen LogP contribution in [-0.2, 0) is 38.1 Å². The van der Waals surface area contributed by atoms with Gasteiger partial charge in [-0.15, -0.1) is 0 Å². The molecule has 0 aliphatic heterocycles. The zero-order valence-corrected chi connectivity index (χ0v) is 20.1. The molecule has 0 saturated heterocycles. The largest absolute Gasteiger partial charge is 0.465 e. The third kappa shape index (κ3) is 7.45. The predicted molar refractivity (Wildman–Crippen MR) is 120 cm³/mol. The van der Waals surface area contributed by atoms with E-state index in [2.05, 4.69) is 0 Å². The summed E-state index contributed by atoms with van der Waals surface area (Å²) in [5.41, 5.74) is 12.0. The number of carbonyl (C=O) groups is 4. The Bertz CT molecular complexity index is 900. The second-order valence-electron chi connectivity index (χ2n) is 7.09. The fraction of sp³-hybridized carbons (Fsp3) is 0.545. The van der Waals surface area contributed by atoms with Gasteiger partial charge in [-0.2, -0.15) is 0 Å². The van der Waals surface area contributed by atoms with Crippen molar-refractivity contribution >= 4 is 29.6 Å². The number of benzene rings is 1. The average Bonchev–Trinajstić information content (AvgIpc) is 2.79. The Hall–Kier alpha value is -3.58. The van der Waals surface area contributed by atoms with E-state index in [-0.39, 0.29) is 37.6 Å². The maximum atomic E-state index is 12.6. The van der Waals surface area contributed by atoms with E-state index < -0.39 is 58.4 Å². The van der Waals surface area contributed by atoms with Gasteiger partial charge in [-0.05, 0) is 38.8 Å². The first kappa shape index (κ1) is 29.5. The Morgan fingerprint density at radius 3 is 1.40 bits per heavy atom. The quantitative estimate of drug-likeness (QED) is 0.129. The normalized spacial score (nSPS) is 12.6. The minimum Gasteiger partial charge on any atom is -0.465 e. The molecule has 13 heteroatoms. The third-order valence-corrected chi connectivity index (χ3v) is 4.88. The summed E-state index contributed by atoms with van der Waals surface area (Å²) in [6.45, 7) is 5.84. The van der Waals surface area contributed by atoms with Crippen molar-refractivity contribution in [3.05, 3.63) is 39.4 Å². The fourth-order valence-corrected chi connectivity index (χ4v) is 3.33. The molecule has 1 rings (SSSR count). The number of ether oxygens (including phenoxy) is 4. The van der Waals surface area contributed by atoms with Crippen molar-refractivity contribution in [1.82, 2.24) is 0 Å². The Balaban J connectivity index is 3.71. The molecule has 2 atom stereocenters. The zero-order valence-electron chi connectivity index (χ0n) is 20.1. The number of nitro benzene ring substituents is 1. The molecule has 0 bridgehead atoms. The van der Waals surface area contributed by atoms with Crippen LogP contribution in [-0.4, -0.2) is 55.2 Å². The monoisotopic (exact) mass is 497 g/mol. The highest BCUT2D eigenvalue weighted by molar-refractivity contribution is 5.97. The number of esters is 4. The van der Waals surface area contributed by atoms with Crippen LogP contribution < -0.4 is 11.5 Å². The van der Waals surface area contributed by atoms with Gasteiger partial charge < -0.3 is 30.4 Å². The van der Waals surface area contributed by atoms with E-state index in [9.17, 15) is 29.3 Å². The lowest BCUT2D eigenvalue weighted by Crippen LogP contribution is -2.40. The fourth-order valence-electron chi connectivity index (χ4n) is 3.33. The van der Waals surface area contributed by atoms with Crippen LogP contribution in [0, 0.1) is 22.0 Å². The van der Waals surface area contributed by atoms with Crippen LogP contribution in [0.25, 0.3) is 0 Å². The number of nitrogens with two attached hydrogens (primary N) is 2. The number of non-ortho nitro benzene ring substituents is 1. The number of rotatable bonds is 13. The molecule has 194 valence electrons. The van der Waals surface area contributed by atoms with Crippen molar-refractivity contribution < 1.29 is 43.0 Å². The lowest BCUT2D eigenvalue weighted by atomic mass is 9.84. The van der Waals surface area contributed by atoms with E-state index in [0.717, 1.165) is 12.1 Å². The third-order valence-electron chi connectivity index (χ3n) is 4.88. The first-order valence-corrected chi connectivity index (χ1v) is 11.0. The van der Waals surface area contributed by atoms with Crippen molar-refractivity contribution in [2.75, 3.05) is 26.4 Å². The molecular weight excluding hydrogens is 466 g/mol. The summed E-state index contributed by atoms with van der Waals surface area (Å²) in [4.78, 5) is 61.0. The number of nitro groups is 1. The zero-order chi connectivity index (χ0) is 26.7. The molecule has 0 saturated carbocycles. The summed E-state index contributed by atoms with van der Waals surface area (Å²) in [7, 11) is 0. The Morgan fingerprint density at radius 2 is 1.09 bits per heavy atom. The van der Waals surface area contributed by atoms with Crippen LogP contribution in [0.3, 0.4) is 0 Å². The van der Waals surface area contributed by atoms with Gasteiger partial charge in [0.2, 0.25) is 0 Å². The standard InChI is InChI=1S/C22H31N3O10/c1-5-32-19(26)15(20(27)33-6-2)17(23)13-10-9-12(25(30)31)11-14(13)18(24)16(21(28)34-7-3)22(29)35-8-4/h9-11,15-18H,5-8,23-24H2,1-4H3. The van der Waals surface area contributed by atoms with Gasteiger partial charge in [-0.3, -0.25) is 29.3 Å². The molecule has 0 radical (unpaired) electrons. The van der Waals surface area contributed by atoms with Crippen molar-refractivity contribution in [3.8, 4) is 0 Å². The van der Waals surface area contributed by atoms with Crippen LogP contribution in [0.4, 0.5) is 5.69 Å². The van der Waals surface area contributed by atoms with Crippen molar-refractivity contribution in [2.45, 2.75) is 39.8 Å². The van der Waals surface area contributed by atoms with Crippen molar-refractivity contribution in [2.24, 2.45) is 23.3 Å². The minimum atomic E-state index is -1.70. The van der Waals surface area contributed by atoms with Crippen LogP contribution in [0.2, 0.25) is 0 Å². The summed E-state index contributed by atoms with van der Waals surface area (Å²) >= 11 is 0. The van der Waals surface area contributed by atoms with Gasteiger partial charge in [0.25, 0.3) is 5.69 Å². The number of hydrogen-bond acceptors (Lipinski definition) is 12. The highest BCUT2D eigenvalue weighted by Gasteiger charge is 2.42. The van der Waals surface area contributed by atoms with Gasteiger partial charge in [0.05, 0.1) is 43.4 Å². The minimum absolute atomic E-state index is 0.00666. The highest BCUT2D eigenvalue weighted by Crippen LogP contribution is 2.34. The second kappa shape index (κ2) is 14.0. The van der Waals surface area contributed by atoms with Gasteiger partial charge >= 0.3 is 23.9 Å². The second-order valence-corrected chi connectivity index (χ2v) is 7.09. The molecule has 0 heterocycles. The molecule has 0 aliphatic carbocycles. The number of carbonyl (C=O) groups excluding carboxylic acids is 4. The van der Waals surface area contributed by atoms with E-state index >= 15 is 0 Å². The average molecular weight is 498 g/mol. The molecule has 0 spiro atoms. The van der Waals surface area contributed by atoms with Gasteiger partial charge in [0.1, 0.15) is 0 Å². The van der Waals surface area contributed by atoms with E-state index in [1.807, 2.05) is 0 Å². The molecule has 0 amide bonds. The Kier molecular flexibility index (Phi) is 11.8. The van der Waals surface area contributed by atoms with Crippen LogP contribution in [0.15, 0.2) is 18.2 Å². The number of nitrogens with zero attached hydrogens (tertiary/aromatic N) is 1. The van der Waals surface area contributed by atoms with Gasteiger partial charge in [0.15, 0.2) is 11.8 Å². The number of hydrogen-bond donors (Lipinski definition) is 2. The van der Waals surface area contributed by atoms with Crippen LogP contribution in [0.1, 0.15) is 50.9 Å².